The van der Waals surface area contributed by atoms with Gasteiger partial charge in [0.05, 0.1) is 36.6 Å². The van der Waals surface area contributed by atoms with Gasteiger partial charge in [-0.25, -0.2) is 0 Å². The van der Waals surface area contributed by atoms with Crippen molar-refractivity contribution in [3.8, 4) is 0 Å². The maximum Gasteiger partial charge on any atom is 0.264 e. The van der Waals surface area contributed by atoms with Crippen LogP contribution in [-0.2, 0) is 47.3 Å². The molecule has 4 aliphatic rings. The highest BCUT2D eigenvalue weighted by Crippen LogP contribution is 2.60. The maximum absolute atomic E-state index is 15.3. The van der Waals surface area contributed by atoms with E-state index in [9.17, 15) is 60.3 Å². The molecule has 0 saturated carbocycles. The van der Waals surface area contributed by atoms with Crippen molar-refractivity contribution in [2.24, 2.45) is 5.92 Å². The van der Waals surface area contributed by atoms with Gasteiger partial charge < -0.3 is 80.5 Å². The molecule has 366 valence electrons. The molecular weight excluding hydrogens is 909 g/mol. The molecule has 4 aliphatic heterocycles. The van der Waals surface area contributed by atoms with Crippen LogP contribution in [0.15, 0.2) is 79.0 Å². The lowest BCUT2D eigenvalue weighted by atomic mass is 9.82. The topological polar surface area (TPSA) is 339 Å². The summed E-state index contributed by atoms with van der Waals surface area (Å²) in [5, 5.41) is 105. The summed E-state index contributed by atoms with van der Waals surface area (Å²) in [6, 6.07) is 20.3. The number of aryl methyl sites for hydroxylation is 1. The first-order valence-electron chi connectivity index (χ1n) is 22.1. The van der Waals surface area contributed by atoms with Gasteiger partial charge in [-0.05, 0) is 61.0 Å². The number of aliphatic hydroxyl groups is 9. The number of nitrogens with one attached hydrogen (secondary N) is 2. The zero-order chi connectivity index (χ0) is 49.0. The molecule has 3 fully saturated rings. The predicted octanol–water partition coefficient (Wildman–Crippen LogP) is -1.69. The number of aromatic nitrogens is 3. The zero-order valence-corrected chi connectivity index (χ0v) is 38.1. The van der Waals surface area contributed by atoms with E-state index in [1.54, 1.807) is 48.2 Å². The fraction of sp³-hybridized carbons (Fsp3) is 0.489. The smallest absolute Gasteiger partial charge is 0.264 e. The maximum atomic E-state index is 15.3. The molecule has 12 N–H and O–H groups in total. The van der Waals surface area contributed by atoms with Crippen LogP contribution < -0.4 is 15.5 Å². The van der Waals surface area contributed by atoms with Crippen LogP contribution >= 0.6 is 0 Å². The Morgan fingerprint density at radius 2 is 1.37 bits per heavy atom. The van der Waals surface area contributed by atoms with Crippen LogP contribution in [0.2, 0.25) is 18.6 Å². The van der Waals surface area contributed by atoms with Crippen molar-refractivity contribution in [3.63, 3.8) is 0 Å². The van der Waals surface area contributed by atoms with E-state index in [1.165, 1.54) is 23.1 Å². The van der Waals surface area contributed by atoms with Crippen molar-refractivity contribution in [3.05, 3.63) is 101 Å². The number of carbonyl (C=O) groups excluding carboxylic acids is 3. The van der Waals surface area contributed by atoms with Gasteiger partial charge in [-0.1, -0.05) is 54.6 Å². The second-order valence-electron chi connectivity index (χ2n) is 18.3. The summed E-state index contributed by atoms with van der Waals surface area (Å²) < 4.78 is 18.8. The van der Waals surface area contributed by atoms with E-state index in [0.717, 1.165) is 5.56 Å². The van der Waals surface area contributed by atoms with E-state index >= 15 is 4.79 Å². The molecule has 68 heavy (non-hydrogen) atoms. The largest absolute Gasteiger partial charge is 0.432 e. The molecule has 0 radical (unpaired) electrons. The molecule has 0 aliphatic carbocycles. The van der Waals surface area contributed by atoms with E-state index in [1.807, 2.05) is 37.3 Å². The van der Waals surface area contributed by atoms with Gasteiger partial charge in [0.1, 0.15) is 36.6 Å². The van der Waals surface area contributed by atoms with Crippen molar-refractivity contribution < 1.29 is 79.3 Å². The first-order valence-corrected chi connectivity index (χ1v) is 25.2. The molecular formula is C45H56N6O16Si. The van der Waals surface area contributed by atoms with Gasteiger partial charge in [-0.3, -0.25) is 19.1 Å². The fourth-order valence-electron chi connectivity index (χ4n) is 9.94. The number of hydrogen-bond donors (Lipinski definition) is 12. The molecule has 23 heteroatoms. The minimum absolute atomic E-state index is 0.0328. The Morgan fingerprint density at radius 3 is 1.94 bits per heavy atom. The summed E-state index contributed by atoms with van der Waals surface area (Å²) in [5.41, 5.74) is 0.835. The zero-order valence-electron chi connectivity index (χ0n) is 37.1. The standard InChI is InChI=1S/C45H56N6O16Si/c1-21-39(68(2,3)64)30(15-16-50-19-28(48-49-50)26(20-52)23-7-5-4-6-8-23)67-45(21)27-17-25(47-41(60)38-34(56)32(54)36(58)43(62)66-38)13-14-29(27)51(44(45)63)18-22-9-11-24(12-10-22)46-40(59)37-33(55)31(53)35(57)42(61)65-37/h4-14,17,19,21,26,30-39,42-43,52-58,61-62,64H,15-16,18,20H2,1-3H3,(H,46,59)(H,47,60)/t21-,26?,30+,31-,32-,33-,34-,35+,36+,37-,38-,39-,42+,43+,45+/m0/s1. The fourth-order valence-corrected chi connectivity index (χ4v) is 12.5. The lowest BCUT2D eigenvalue weighted by molar-refractivity contribution is -0.274. The molecule has 3 aromatic carbocycles. The third kappa shape index (κ3) is 9.11. The molecule has 1 spiro atoms. The Labute approximate surface area is 390 Å². The van der Waals surface area contributed by atoms with Crippen molar-refractivity contribution in [1.82, 2.24) is 15.0 Å². The third-order valence-electron chi connectivity index (χ3n) is 13.4. The highest BCUT2D eigenvalue weighted by molar-refractivity contribution is 6.71. The number of fused-ring (bicyclic) bond motifs is 2. The highest BCUT2D eigenvalue weighted by atomic mass is 28.4. The average molecular weight is 965 g/mol. The molecule has 3 amide bonds. The van der Waals surface area contributed by atoms with Crippen LogP contribution in [0.25, 0.3) is 0 Å². The molecule has 8 rings (SSSR count). The number of hydrogen-bond acceptors (Lipinski definition) is 18. The minimum Gasteiger partial charge on any atom is -0.432 e. The first-order chi connectivity index (χ1) is 32.2. The van der Waals surface area contributed by atoms with Crippen LogP contribution in [0.4, 0.5) is 17.1 Å². The summed E-state index contributed by atoms with van der Waals surface area (Å²) in [4.78, 5) is 55.2. The van der Waals surface area contributed by atoms with Crippen LogP contribution in [0.3, 0.4) is 0 Å². The lowest BCUT2D eigenvalue weighted by Gasteiger charge is -2.37. The first kappa shape index (κ1) is 49.3. The van der Waals surface area contributed by atoms with Crippen molar-refractivity contribution in [2.45, 2.75) is 124 Å². The van der Waals surface area contributed by atoms with Crippen LogP contribution in [-0.4, -0.2) is 166 Å². The highest BCUT2D eigenvalue weighted by Gasteiger charge is 2.66. The third-order valence-corrected chi connectivity index (χ3v) is 16.0. The predicted molar refractivity (Wildman–Crippen MR) is 238 cm³/mol. The van der Waals surface area contributed by atoms with E-state index < -0.39 is 117 Å². The van der Waals surface area contributed by atoms with Crippen LogP contribution in [0.1, 0.15) is 41.6 Å². The van der Waals surface area contributed by atoms with Crippen LogP contribution in [0.5, 0.6) is 0 Å². The Bertz CT molecular complexity index is 2460. The molecule has 0 bridgehead atoms. The second kappa shape index (κ2) is 19.4. The molecule has 5 heterocycles. The summed E-state index contributed by atoms with van der Waals surface area (Å²) >= 11 is 0. The quantitative estimate of drug-likeness (QED) is 0.0666. The Morgan fingerprint density at radius 1 is 0.794 bits per heavy atom. The number of amides is 3. The summed E-state index contributed by atoms with van der Waals surface area (Å²) in [6.45, 7) is 5.39. The molecule has 4 aromatic rings. The second-order valence-corrected chi connectivity index (χ2v) is 22.3. The number of ether oxygens (including phenoxy) is 3. The number of rotatable bonds is 13. The monoisotopic (exact) mass is 964 g/mol. The van der Waals surface area contributed by atoms with E-state index in [0.29, 0.717) is 22.5 Å². The average Bonchev–Trinajstić information content (AvgIpc) is 3.97. The van der Waals surface area contributed by atoms with E-state index in [2.05, 4.69) is 20.9 Å². The summed E-state index contributed by atoms with van der Waals surface area (Å²) in [7, 11) is -3.18. The van der Waals surface area contributed by atoms with Gasteiger partial charge in [0.25, 0.3) is 17.7 Å². The summed E-state index contributed by atoms with van der Waals surface area (Å²) in [6.07, 6.45) is -17.3. The Kier molecular flexibility index (Phi) is 14.0. The molecule has 1 aromatic heterocycles. The summed E-state index contributed by atoms with van der Waals surface area (Å²) in [5.74, 6) is -3.43. The number of carbonyl (C=O) groups is 3. The van der Waals surface area contributed by atoms with Gasteiger partial charge in [0.15, 0.2) is 38.7 Å². The number of benzene rings is 3. The van der Waals surface area contributed by atoms with Crippen LogP contribution in [0, 0.1) is 5.92 Å². The molecule has 15 atom stereocenters. The Hall–Kier alpha value is -5.09. The van der Waals surface area contributed by atoms with E-state index in [-0.39, 0.29) is 37.5 Å². The lowest BCUT2D eigenvalue weighted by Crippen LogP contribution is -2.60. The van der Waals surface area contributed by atoms with Crippen molar-refractivity contribution >= 4 is 43.1 Å². The number of anilines is 3. The number of aliphatic hydroxyl groups excluding tert-OH is 9. The van der Waals surface area contributed by atoms with Gasteiger partial charge in [-0.2, -0.15) is 0 Å². The van der Waals surface area contributed by atoms with Gasteiger partial charge >= 0.3 is 0 Å². The molecule has 3 saturated heterocycles. The minimum atomic E-state index is -3.18. The van der Waals surface area contributed by atoms with E-state index in [4.69, 9.17) is 14.2 Å². The van der Waals surface area contributed by atoms with Crippen molar-refractivity contribution in [1.29, 1.82) is 0 Å². The van der Waals surface area contributed by atoms with Gasteiger partial charge in [-0.15, -0.1) is 5.10 Å². The normalized spacial score (nSPS) is 33.1. The SMILES string of the molecule is C[C@H]1[C@H]([Si](C)(C)O)[C@@H](CCn2cc(C(CO)c3ccccc3)nn2)O[C@]12C(=O)N(Cc1ccc(NC(=O)[C@H]3O[C@@H](O)[C@H](O)[C@@H](O)[C@@H]3O)cc1)c1ccc(NC(=O)[C@H]3O[C@@H](O)[C@H](O)[C@@H](O)[C@@H]3O)cc12. The molecule has 1 unspecified atom stereocenters. The Balaban J connectivity index is 1.08. The van der Waals surface area contributed by atoms with Gasteiger partial charge in [0.2, 0.25) is 0 Å². The molecule has 22 nitrogen and oxygen atoms in total. The van der Waals surface area contributed by atoms with Gasteiger partial charge in [0, 0.05) is 41.1 Å². The number of nitrogens with zero attached hydrogens (tertiary/aromatic N) is 4. The van der Waals surface area contributed by atoms with Crippen molar-refractivity contribution in [2.75, 3.05) is 22.1 Å².